The molecule has 1 N–H and O–H groups in total. The van der Waals surface area contributed by atoms with Crippen LogP contribution in [0.15, 0.2) is 12.1 Å². The lowest BCUT2D eigenvalue weighted by molar-refractivity contribution is 0.0950. The van der Waals surface area contributed by atoms with Crippen LogP contribution in [0.4, 0.5) is 0 Å². The van der Waals surface area contributed by atoms with Crippen molar-refractivity contribution in [3.8, 4) is 11.5 Å². The van der Waals surface area contributed by atoms with E-state index < -0.39 is 0 Å². The second-order valence-corrected chi connectivity index (χ2v) is 3.45. The molecule has 1 unspecified atom stereocenters. The maximum absolute atomic E-state index is 11.6. The van der Waals surface area contributed by atoms with Crippen molar-refractivity contribution in [3.63, 3.8) is 0 Å². The third-order valence-corrected chi connectivity index (χ3v) is 2.45. The number of carbonyl (C=O) groups excluding carboxylic acids is 1. The van der Waals surface area contributed by atoms with Crippen molar-refractivity contribution in [1.82, 2.24) is 0 Å². The van der Waals surface area contributed by atoms with Crippen molar-refractivity contribution < 1.29 is 19.4 Å². The van der Waals surface area contributed by atoms with Gasteiger partial charge in [-0.25, -0.2) is 0 Å². The standard InChI is InChI=1S/C10H8O4/c11-7-2-8-5(3-13-8)1-6(7)10(12)9-4-14-9/h1-2,9,11H,3-4H2. The van der Waals surface area contributed by atoms with E-state index in [1.165, 1.54) is 6.07 Å². The highest BCUT2D eigenvalue weighted by atomic mass is 16.6. The molecule has 2 aliphatic rings. The van der Waals surface area contributed by atoms with E-state index >= 15 is 0 Å². The fourth-order valence-electron chi connectivity index (χ4n) is 1.51. The van der Waals surface area contributed by atoms with Crippen LogP contribution in [0.5, 0.6) is 11.5 Å². The molecule has 0 bridgehead atoms. The number of rotatable bonds is 2. The van der Waals surface area contributed by atoms with Gasteiger partial charge in [-0.3, -0.25) is 4.79 Å². The maximum Gasteiger partial charge on any atom is 0.197 e. The molecule has 72 valence electrons. The van der Waals surface area contributed by atoms with Crippen LogP contribution in [-0.4, -0.2) is 23.6 Å². The molecule has 4 nitrogen and oxygen atoms in total. The predicted molar refractivity (Wildman–Crippen MR) is 46.5 cm³/mol. The zero-order valence-corrected chi connectivity index (χ0v) is 7.32. The predicted octanol–water partition coefficient (Wildman–Crippen LogP) is 0.866. The van der Waals surface area contributed by atoms with Crippen LogP contribution < -0.4 is 4.74 Å². The summed E-state index contributed by atoms with van der Waals surface area (Å²) in [6.45, 7) is 0.979. The van der Waals surface area contributed by atoms with E-state index in [1.807, 2.05) is 0 Å². The number of Topliss-reactive ketones (excluding diaryl/α,β-unsaturated/α-hetero) is 1. The summed E-state index contributed by atoms with van der Waals surface area (Å²) in [6.07, 6.45) is -0.347. The molecule has 0 aromatic heterocycles. The molecular weight excluding hydrogens is 184 g/mol. The number of fused-ring (bicyclic) bond motifs is 1. The van der Waals surface area contributed by atoms with Crippen LogP contribution >= 0.6 is 0 Å². The van der Waals surface area contributed by atoms with Crippen LogP contribution in [0.1, 0.15) is 15.9 Å². The Morgan fingerprint density at radius 3 is 2.86 bits per heavy atom. The van der Waals surface area contributed by atoms with Crippen LogP contribution in [-0.2, 0) is 11.3 Å². The molecule has 0 saturated carbocycles. The van der Waals surface area contributed by atoms with Gasteiger partial charge in [0, 0.05) is 11.6 Å². The quantitative estimate of drug-likeness (QED) is 0.557. The zero-order valence-electron chi connectivity index (χ0n) is 7.32. The van der Waals surface area contributed by atoms with Gasteiger partial charge >= 0.3 is 0 Å². The molecule has 3 rings (SSSR count). The Labute approximate surface area is 80.1 Å². The van der Waals surface area contributed by atoms with Crippen molar-refractivity contribution in [2.45, 2.75) is 12.7 Å². The second-order valence-electron chi connectivity index (χ2n) is 3.45. The molecule has 4 heteroatoms. The Morgan fingerprint density at radius 1 is 1.50 bits per heavy atom. The normalized spacial score (nSPS) is 21.9. The van der Waals surface area contributed by atoms with Gasteiger partial charge in [-0.15, -0.1) is 0 Å². The van der Waals surface area contributed by atoms with E-state index in [-0.39, 0.29) is 17.6 Å². The number of benzene rings is 1. The Morgan fingerprint density at radius 2 is 2.29 bits per heavy atom. The van der Waals surface area contributed by atoms with E-state index in [2.05, 4.69) is 0 Å². The summed E-state index contributed by atoms with van der Waals surface area (Å²) < 4.78 is 9.94. The highest BCUT2D eigenvalue weighted by molar-refractivity contribution is 6.03. The van der Waals surface area contributed by atoms with Gasteiger partial charge in [-0.2, -0.15) is 0 Å². The number of phenols is 1. The molecule has 1 saturated heterocycles. The lowest BCUT2D eigenvalue weighted by Gasteiger charge is -2.21. The molecule has 0 amide bonds. The minimum absolute atomic E-state index is 0.0241. The largest absolute Gasteiger partial charge is 0.507 e. The van der Waals surface area contributed by atoms with E-state index in [0.717, 1.165) is 5.56 Å². The molecule has 1 aromatic carbocycles. The Kier molecular flexibility index (Phi) is 1.39. The lowest BCUT2D eigenvalue weighted by atomic mass is 10.0. The first-order chi connectivity index (χ1) is 6.75. The minimum atomic E-state index is -0.347. The zero-order chi connectivity index (χ0) is 9.71. The molecule has 0 aliphatic carbocycles. The molecule has 2 aliphatic heterocycles. The fourth-order valence-corrected chi connectivity index (χ4v) is 1.51. The summed E-state index contributed by atoms with van der Waals surface area (Å²) in [7, 11) is 0. The number of hydrogen-bond acceptors (Lipinski definition) is 4. The van der Waals surface area contributed by atoms with E-state index in [0.29, 0.717) is 24.5 Å². The summed E-state index contributed by atoms with van der Waals surface area (Å²) in [6, 6.07) is 3.16. The lowest BCUT2D eigenvalue weighted by Crippen LogP contribution is -2.13. The van der Waals surface area contributed by atoms with Gasteiger partial charge in [-0.1, -0.05) is 0 Å². The third kappa shape index (κ3) is 1.01. The number of ether oxygens (including phenoxy) is 2. The van der Waals surface area contributed by atoms with Crippen LogP contribution in [0.25, 0.3) is 0 Å². The number of phenolic OH excluding ortho intramolecular Hbond substituents is 1. The van der Waals surface area contributed by atoms with Gasteiger partial charge in [-0.05, 0) is 6.07 Å². The first-order valence-electron chi connectivity index (χ1n) is 4.40. The smallest absolute Gasteiger partial charge is 0.197 e. The minimum Gasteiger partial charge on any atom is -0.507 e. The van der Waals surface area contributed by atoms with Crippen LogP contribution in [0.3, 0.4) is 0 Å². The molecule has 14 heavy (non-hydrogen) atoms. The van der Waals surface area contributed by atoms with Crippen molar-refractivity contribution in [1.29, 1.82) is 0 Å². The third-order valence-electron chi connectivity index (χ3n) is 2.45. The molecule has 1 aromatic rings. The first kappa shape index (κ1) is 7.82. The molecule has 2 heterocycles. The molecule has 0 radical (unpaired) electrons. The van der Waals surface area contributed by atoms with E-state index in [9.17, 15) is 9.90 Å². The number of epoxide rings is 1. The summed E-state index contributed by atoms with van der Waals surface area (Å²) in [4.78, 5) is 11.6. The van der Waals surface area contributed by atoms with Crippen molar-refractivity contribution >= 4 is 5.78 Å². The van der Waals surface area contributed by atoms with Crippen molar-refractivity contribution in [2.24, 2.45) is 0 Å². The molecule has 0 spiro atoms. The van der Waals surface area contributed by atoms with E-state index in [4.69, 9.17) is 9.47 Å². The van der Waals surface area contributed by atoms with Gasteiger partial charge in [0.05, 0.1) is 12.2 Å². The Hall–Kier alpha value is -1.55. The summed E-state index contributed by atoms with van der Waals surface area (Å²) in [5.74, 6) is 0.497. The number of aromatic hydroxyl groups is 1. The number of hydrogen-bond donors (Lipinski definition) is 1. The van der Waals surface area contributed by atoms with Gasteiger partial charge in [0.2, 0.25) is 0 Å². The Balaban J connectivity index is 2.03. The van der Waals surface area contributed by atoms with Crippen molar-refractivity contribution in [3.05, 3.63) is 23.3 Å². The van der Waals surface area contributed by atoms with Crippen LogP contribution in [0.2, 0.25) is 0 Å². The SMILES string of the molecule is O=C(c1cc2c(cc1O)OC2)C1CO1. The Bertz CT molecular complexity index is 420. The maximum atomic E-state index is 11.6. The summed E-state index contributed by atoms with van der Waals surface area (Å²) in [5.41, 5.74) is 1.31. The number of ketones is 1. The summed E-state index contributed by atoms with van der Waals surface area (Å²) in [5, 5.41) is 9.54. The number of carbonyl (C=O) groups is 1. The summed E-state index contributed by atoms with van der Waals surface area (Å²) >= 11 is 0. The van der Waals surface area contributed by atoms with Crippen LogP contribution in [0, 0.1) is 0 Å². The van der Waals surface area contributed by atoms with E-state index in [1.54, 1.807) is 6.07 Å². The van der Waals surface area contributed by atoms with Gasteiger partial charge in [0.1, 0.15) is 24.2 Å². The highest BCUT2D eigenvalue weighted by Crippen LogP contribution is 2.36. The second kappa shape index (κ2) is 2.48. The molecule has 1 atom stereocenters. The highest BCUT2D eigenvalue weighted by Gasteiger charge is 2.34. The van der Waals surface area contributed by atoms with Gasteiger partial charge in [0.15, 0.2) is 5.78 Å². The fraction of sp³-hybridized carbons (Fsp3) is 0.300. The average Bonchev–Trinajstić information content (AvgIpc) is 2.93. The molecular formula is C10H8O4. The van der Waals surface area contributed by atoms with Crippen molar-refractivity contribution in [2.75, 3.05) is 6.61 Å². The van der Waals surface area contributed by atoms with Gasteiger partial charge in [0.25, 0.3) is 0 Å². The average molecular weight is 192 g/mol. The topological polar surface area (TPSA) is 59.1 Å². The molecule has 1 fully saturated rings. The first-order valence-corrected chi connectivity index (χ1v) is 4.40. The monoisotopic (exact) mass is 192 g/mol. The van der Waals surface area contributed by atoms with Gasteiger partial charge < -0.3 is 14.6 Å².